The fourth-order valence-electron chi connectivity index (χ4n) is 6.18. The molecule has 13 heteroatoms. The van der Waals surface area contributed by atoms with E-state index in [-0.39, 0.29) is 43.9 Å². The fourth-order valence-corrected chi connectivity index (χ4v) is 6.18. The highest BCUT2D eigenvalue weighted by Crippen LogP contribution is 2.22. The maximum absolute atomic E-state index is 14.3. The first-order valence-corrected chi connectivity index (χ1v) is 17.7. The van der Waals surface area contributed by atoms with Gasteiger partial charge in [0.2, 0.25) is 17.7 Å². The van der Waals surface area contributed by atoms with Crippen molar-refractivity contribution in [3.05, 3.63) is 107 Å². The van der Waals surface area contributed by atoms with Gasteiger partial charge in [-0.1, -0.05) is 70.2 Å². The first-order chi connectivity index (χ1) is 24.9. The molecule has 6 rings (SSSR count). The highest BCUT2D eigenvalue weighted by Gasteiger charge is 2.32. The fraction of sp³-hybridized carbons (Fsp3) is 0.410. The standard InChI is InChI=1S/C39H48N8O5/c1-24(2)18-30-23-52-31-15-13-28(14-16-31)20-32(43-37(49)29-12-9-17-40-21-29)38(50)44-33(19-27-10-7-6-8-11-27)39(51)45-35(25(3)4)36-41-26(5)46-47(36)22-34(48)42-30/h6-17,21,24-25,30,32-33,35H,18-20,22-23H2,1-5H3,(H,42,48)(H,43,49)(H,44,50)(H,45,51)/t30-,32-,33-,35-/m0/s1. The normalized spacial score (nSPS) is 20.3. The number of hydrogen-bond donors (Lipinski definition) is 4. The number of rotatable bonds is 7. The van der Waals surface area contributed by atoms with Crippen LogP contribution in [0, 0.1) is 18.8 Å². The second-order valence-electron chi connectivity index (χ2n) is 14.0. The third-order valence-corrected chi connectivity index (χ3v) is 8.74. The van der Waals surface area contributed by atoms with Crippen molar-refractivity contribution in [2.75, 3.05) is 6.61 Å². The molecule has 4 amide bonds. The van der Waals surface area contributed by atoms with Gasteiger partial charge in [-0.15, -0.1) is 0 Å². The number of benzene rings is 2. The molecule has 0 radical (unpaired) electrons. The molecule has 0 fully saturated rings. The first-order valence-electron chi connectivity index (χ1n) is 17.7. The van der Waals surface area contributed by atoms with Gasteiger partial charge in [-0.05, 0) is 60.6 Å². The molecule has 4 atom stereocenters. The van der Waals surface area contributed by atoms with Gasteiger partial charge in [-0.2, -0.15) is 5.10 Å². The highest BCUT2D eigenvalue weighted by atomic mass is 16.5. The van der Waals surface area contributed by atoms with Crippen molar-refractivity contribution >= 4 is 23.6 Å². The Labute approximate surface area is 304 Å². The summed E-state index contributed by atoms with van der Waals surface area (Å²) in [5, 5.41) is 16.5. The van der Waals surface area contributed by atoms with Gasteiger partial charge in [-0.3, -0.25) is 24.2 Å². The van der Waals surface area contributed by atoms with E-state index in [2.05, 4.69) is 50.2 Å². The van der Waals surface area contributed by atoms with E-state index in [0.717, 1.165) is 11.1 Å². The van der Waals surface area contributed by atoms with Crippen molar-refractivity contribution in [3.8, 4) is 5.75 Å². The Morgan fingerprint density at radius 3 is 2.37 bits per heavy atom. The lowest BCUT2D eigenvalue weighted by Gasteiger charge is -2.27. The number of carbonyl (C=O) groups excluding carboxylic acids is 4. The molecule has 0 saturated heterocycles. The predicted molar refractivity (Wildman–Crippen MR) is 195 cm³/mol. The van der Waals surface area contributed by atoms with E-state index >= 15 is 0 Å². The van der Waals surface area contributed by atoms with Crippen LogP contribution >= 0.6 is 0 Å². The van der Waals surface area contributed by atoms with Crippen LogP contribution in [0.15, 0.2) is 79.1 Å². The summed E-state index contributed by atoms with van der Waals surface area (Å²) in [6.45, 7) is 9.90. The van der Waals surface area contributed by atoms with Crippen LogP contribution in [0.3, 0.4) is 0 Å². The predicted octanol–water partition coefficient (Wildman–Crippen LogP) is 3.49. The molecule has 2 aromatic carbocycles. The minimum Gasteiger partial charge on any atom is -0.491 e. The summed E-state index contributed by atoms with van der Waals surface area (Å²) in [7, 11) is 0. The van der Waals surface area contributed by atoms with Gasteiger partial charge in [0.1, 0.15) is 36.8 Å². The number of ether oxygens (including phenoxy) is 1. The van der Waals surface area contributed by atoms with Gasteiger partial charge in [0.05, 0.1) is 17.6 Å². The molecule has 13 nitrogen and oxygen atoms in total. The lowest BCUT2D eigenvalue weighted by atomic mass is 10.00. The summed E-state index contributed by atoms with van der Waals surface area (Å²) < 4.78 is 7.65. The smallest absolute Gasteiger partial charge is 0.253 e. The molecule has 0 unspecified atom stereocenters. The van der Waals surface area contributed by atoms with Crippen molar-refractivity contribution in [2.45, 2.75) is 84.6 Å². The minimum absolute atomic E-state index is 0.110. The maximum Gasteiger partial charge on any atom is 0.253 e. The molecule has 2 aromatic heterocycles. The van der Waals surface area contributed by atoms with E-state index in [1.165, 1.54) is 10.9 Å². The quantitative estimate of drug-likeness (QED) is 0.226. The van der Waals surface area contributed by atoms with Crippen LogP contribution in [0.2, 0.25) is 0 Å². The van der Waals surface area contributed by atoms with Crippen LogP contribution in [0.25, 0.3) is 0 Å². The number of nitrogens with zero attached hydrogens (tertiary/aromatic N) is 4. The molecule has 52 heavy (non-hydrogen) atoms. The molecular formula is C39H48N8O5. The Morgan fingerprint density at radius 1 is 0.942 bits per heavy atom. The molecule has 0 saturated carbocycles. The molecule has 4 aromatic rings. The van der Waals surface area contributed by atoms with Crippen molar-refractivity contribution in [2.24, 2.45) is 11.8 Å². The Kier molecular flexibility index (Phi) is 12.7. The summed E-state index contributed by atoms with van der Waals surface area (Å²) in [4.78, 5) is 63.9. The summed E-state index contributed by atoms with van der Waals surface area (Å²) in [5.74, 6) is -0.103. The van der Waals surface area contributed by atoms with Gasteiger partial charge in [-0.25, -0.2) is 9.67 Å². The van der Waals surface area contributed by atoms with Gasteiger partial charge in [0, 0.05) is 25.2 Å². The van der Waals surface area contributed by atoms with Crippen molar-refractivity contribution in [1.29, 1.82) is 0 Å². The second-order valence-corrected chi connectivity index (χ2v) is 14.0. The Morgan fingerprint density at radius 2 is 1.69 bits per heavy atom. The number of pyridine rings is 1. The van der Waals surface area contributed by atoms with E-state index < -0.39 is 35.8 Å². The molecule has 0 aliphatic carbocycles. The maximum atomic E-state index is 14.3. The van der Waals surface area contributed by atoms with Crippen molar-refractivity contribution in [1.82, 2.24) is 41.0 Å². The monoisotopic (exact) mass is 708 g/mol. The van der Waals surface area contributed by atoms with Crippen molar-refractivity contribution in [3.63, 3.8) is 0 Å². The number of fused-ring (bicyclic) bond motifs is 14. The molecule has 2 aliphatic heterocycles. The molecule has 4 N–H and O–H groups in total. The van der Waals surface area contributed by atoms with Crippen LogP contribution in [0.5, 0.6) is 5.75 Å². The largest absolute Gasteiger partial charge is 0.491 e. The van der Waals surface area contributed by atoms with Crippen LogP contribution < -0.4 is 26.0 Å². The zero-order valence-corrected chi connectivity index (χ0v) is 30.3. The summed E-state index contributed by atoms with van der Waals surface area (Å²) in [6.07, 6.45) is 4.00. The number of amides is 4. The Bertz CT molecular complexity index is 1810. The van der Waals surface area contributed by atoms with Crippen molar-refractivity contribution < 1.29 is 23.9 Å². The molecule has 2 aliphatic rings. The summed E-state index contributed by atoms with van der Waals surface area (Å²) >= 11 is 0. The second kappa shape index (κ2) is 17.6. The van der Waals surface area contributed by atoms with Crippen LogP contribution in [0.4, 0.5) is 0 Å². The van der Waals surface area contributed by atoms with Crippen LogP contribution in [0.1, 0.15) is 73.3 Å². The number of hydrogen-bond acceptors (Lipinski definition) is 8. The number of nitrogens with one attached hydrogen (secondary N) is 4. The van der Waals surface area contributed by atoms with Crippen LogP contribution in [-0.4, -0.2) is 68.1 Å². The van der Waals surface area contributed by atoms with Crippen LogP contribution in [-0.2, 0) is 33.8 Å². The van der Waals surface area contributed by atoms with E-state index in [4.69, 9.17) is 4.74 Å². The molecular weight excluding hydrogens is 660 g/mol. The molecule has 274 valence electrons. The minimum atomic E-state index is -1.03. The number of aryl methyl sites for hydroxylation is 1. The SMILES string of the molecule is Cc1nc2n(n1)CC(=O)N[C@@H](CC(C)C)COc1ccc(cc1)C[C@H](NC(=O)c1cccnc1)C(=O)N[C@@H](Cc1ccccc1)C(=O)N[C@H]2C(C)C. The van der Waals surface area contributed by atoms with Gasteiger partial charge in [0.15, 0.2) is 5.82 Å². The van der Waals surface area contributed by atoms with Gasteiger partial charge in [0.25, 0.3) is 5.91 Å². The summed E-state index contributed by atoms with van der Waals surface area (Å²) in [6, 6.07) is 16.9. The van der Waals surface area contributed by atoms with E-state index in [1.54, 1.807) is 37.4 Å². The van der Waals surface area contributed by atoms with E-state index in [0.29, 0.717) is 35.3 Å². The zero-order valence-electron chi connectivity index (χ0n) is 30.3. The lowest BCUT2D eigenvalue weighted by molar-refractivity contribution is -0.130. The lowest BCUT2D eigenvalue weighted by Crippen LogP contribution is -2.55. The third-order valence-electron chi connectivity index (χ3n) is 8.74. The molecule has 2 bridgehead atoms. The zero-order chi connectivity index (χ0) is 37.2. The molecule has 0 spiro atoms. The van der Waals surface area contributed by atoms with E-state index in [9.17, 15) is 19.2 Å². The number of carbonyl (C=O) groups is 4. The van der Waals surface area contributed by atoms with E-state index in [1.807, 2.05) is 56.3 Å². The van der Waals surface area contributed by atoms with Gasteiger partial charge < -0.3 is 26.0 Å². The average molecular weight is 709 g/mol. The van der Waals surface area contributed by atoms with Gasteiger partial charge >= 0.3 is 0 Å². The topological polar surface area (TPSA) is 169 Å². The third kappa shape index (κ3) is 10.5. The number of aromatic nitrogens is 4. The average Bonchev–Trinajstić information content (AvgIpc) is 3.47. The highest BCUT2D eigenvalue weighted by molar-refractivity contribution is 5.98. The Hall–Kier alpha value is -5.59. The first kappa shape index (κ1) is 37.7. The summed E-state index contributed by atoms with van der Waals surface area (Å²) in [5.41, 5.74) is 1.89. The Balaban J connectivity index is 1.53. The molecule has 4 heterocycles.